The molecule has 0 fully saturated rings. The standard InChI is InChI=1S/C14H12N4O/c1-15-12-7-3-2-6-11(12)14-17-13(18-19-14)10-5-4-8-16-9-10/h2-9,15H,1H3. The number of nitrogens with one attached hydrogen (secondary N) is 1. The molecule has 0 radical (unpaired) electrons. The number of rotatable bonds is 3. The third kappa shape index (κ3) is 2.18. The lowest BCUT2D eigenvalue weighted by Gasteiger charge is -2.03. The van der Waals surface area contributed by atoms with Crippen LogP contribution in [0, 0.1) is 0 Å². The lowest BCUT2D eigenvalue weighted by molar-refractivity contribution is 0.432. The second kappa shape index (κ2) is 4.89. The van der Waals surface area contributed by atoms with Crippen molar-refractivity contribution in [2.75, 3.05) is 12.4 Å². The van der Waals surface area contributed by atoms with E-state index in [0.29, 0.717) is 11.7 Å². The molecule has 3 rings (SSSR count). The van der Waals surface area contributed by atoms with Gasteiger partial charge in [0.25, 0.3) is 5.89 Å². The quantitative estimate of drug-likeness (QED) is 0.776. The fraction of sp³-hybridized carbons (Fsp3) is 0.0714. The summed E-state index contributed by atoms with van der Waals surface area (Å²) >= 11 is 0. The van der Waals surface area contributed by atoms with Crippen LogP contribution in [0.4, 0.5) is 5.69 Å². The highest BCUT2D eigenvalue weighted by Gasteiger charge is 2.13. The number of para-hydroxylation sites is 1. The van der Waals surface area contributed by atoms with Crippen LogP contribution in [-0.2, 0) is 0 Å². The van der Waals surface area contributed by atoms with Crippen LogP contribution < -0.4 is 5.32 Å². The highest BCUT2D eigenvalue weighted by molar-refractivity contribution is 5.73. The van der Waals surface area contributed by atoms with Crippen molar-refractivity contribution in [3.63, 3.8) is 0 Å². The second-order valence-electron chi connectivity index (χ2n) is 3.96. The third-order valence-corrected chi connectivity index (χ3v) is 2.77. The predicted molar refractivity (Wildman–Crippen MR) is 72.5 cm³/mol. The Hall–Kier alpha value is -2.69. The first kappa shape index (κ1) is 11.4. The monoisotopic (exact) mass is 252 g/mol. The molecule has 1 N–H and O–H groups in total. The first-order chi connectivity index (χ1) is 9.38. The summed E-state index contributed by atoms with van der Waals surface area (Å²) in [7, 11) is 1.86. The maximum atomic E-state index is 5.32. The molecule has 0 unspecified atom stereocenters. The van der Waals surface area contributed by atoms with Gasteiger partial charge in [-0.1, -0.05) is 17.3 Å². The Labute approximate surface area is 110 Å². The van der Waals surface area contributed by atoms with Crippen molar-refractivity contribution in [1.82, 2.24) is 15.1 Å². The van der Waals surface area contributed by atoms with Gasteiger partial charge in [-0.3, -0.25) is 4.98 Å². The van der Waals surface area contributed by atoms with Crippen LogP contribution in [-0.4, -0.2) is 22.2 Å². The molecule has 0 aliphatic rings. The van der Waals surface area contributed by atoms with Crippen molar-refractivity contribution in [1.29, 1.82) is 0 Å². The highest BCUT2D eigenvalue weighted by atomic mass is 16.5. The summed E-state index contributed by atoms with van der Waals surface area (Å²) in [5.41, 5.74) is 2.66. The van der Waals surface area contributed by atoms with E-state index in [1.807, 2.05) is 43.4 Å². The number of benzene rings is 1. The van der Waals surface area contributed by atoms with Gasteiger partial charge in [-0.2, -0.15) is 4.98 Å². The van der Waals surface area contributed by atoms with E-state index in [9.17, 15) is 0 Å². The van der Waals surface area contributed by atoms with Crippen molar-refractivity contribution >= 4 is 5.69 Å². The minimum Gasteiger partial charge on any atom is -0.387 e. The van der Waals surface area contributed by atoms with E-state index in [1.165, 1.54) is 0 Å². The van der Waals surface area contributed by atoms with Crippen LogP contribution in [0.25, 0.3) is 22.8 Å². The van der Waals surface area contributed by atoms with E-state index in [0.717, 1.165) is 16.8 Å². The van der Waals surface area contributed by atoms with E-state index >= 15 is 0 Å². The molecule has 0 atom stereocenters. The van der Waals surface area contributed by atoms with Crippen LogP contribution in [0.5, 0.6) is 0 Å². The zero-order valence-electron chi connectivity index (χ0n) is 10.4. The smallest absolute Gasteiger partial charge is 0.260 e. The third-order valence-electron chi connectivity index (χ3n) is 2.77. The van der Waals surface area contributed by atoms with E-state index in [2.05, 4.69) is 20.4 Å². The minimum absolute atomic E-state index is 0.490. The van der Waals surface area contributed by atoms with Crippen molar-refractivity contribution < 1.29 is 4.52 Å². The summed E-state index contributed by atoms with van der Waals surface area (Å²) in [5, 5.41) is 7.09. The summed E-state index contributed by atoms with van der Waals surface area (Å²) in [6.07, 6.45) is 3.42. The number of pyridine rings is 1. The van der Waals surface area contributed by atoms with Gasteiger partial charge in [-0.05, 0) is 24.3 Å². The SMILES string of the molecule is CNc1ccccc1-c1nc(-c2cccnc2)no1. The molecule has 5 heteroatoms. The minimum atomic E-state index is 0.490. The summed E-state index contributed by atoms with van der Waals surface area (Å²) in [4.78, 5) is 8.44. The van der Waals surface area contributed by atoms with Crippen molar-refractivity contribution in [3.05, 3.63) is 48.8 Å². The average Bonchev–Trinajstić information content (AvgIpc) is 2.98. The number of nitrogens with zero attached hydrogens (tertiary/aromatic N) is 3. The molecule has 3 aromatic rings. The summed E-state index contributed by atoms with van der Waals surface area (Å²) in [6, 6.07) is 11.5. The van der Waals surface area contributed by atoms with Crippen LogP contribution in [0.1, 0.15) is 0 Å². The molecule has 1 aromatic carbocycles. The Balaban J connectivity index is 2.02. The molecular formula is C14H12N4O. The molecule has 2 heterocycles. The van der Waals surface area contributed by atoms with Gasteiger partial charge in [0.1, 0.15) is 0 Å². The number of aromatic nitrogens is 3. The summed E-state index contributed by atoms with van der Waals surface area (Å²) in [6.45, 7) is 0. The van der Waals surface area contributed by atoms with E-state index in [-0.39, 0.29) is 0 Å². The molecule has 0 bridgehead atoms. The Morgan fingerprint density at radius 3 is 2.79 bits per heavy atom. The summed E-state index contributed by atoms with van der Waals surface area (Å²) in [5.74, 6) is 1.03. The highest BCUT2D eigenvalue weighted by Crippen LogP contribution is 2.27. The van der Waals surface area contributed by atoms with Gasteiger partial charge >= 0.3 is 0 Å². The van der Waals surface area contributed by atoms with Gasteiger partial charge < -0.3 is 9.84 Å². The number of hydrogen-bond donors (Lipinski definition) is 1. The molecule has 0 aliphatic heterocycles. The van der Waals surface area contributed by atoms with Crippen molar-refractivity contribution in [3.8, 4) is 22.8 Å². The van der Waals surface area contributed by atoms with Gasteiger partial charge in [0.15, 0.2) is 0 Å². The first-order valence-electron chi connectivity index (χ1n) is 5.90. The van der Waals surface area contributed by atoms with E-state index in [1.54, 1.807) is 12.4 Å². The molecule has 0 saturated heterocycles. The lowest BCUT2D eigenvalue weighted by Crippen LogP contribution is -1.91. The molecule has 2 aromatic heterocycles. The molecule has 0 aliphatic carbocycles. The fourth-order valence-corrected chi connectivity index (χ4v) is 1.83. The van der Waals surface area contributed by atoms with Gasteiger partial charge in [0.2, 0.25) is 5.82 Å². The van der Waals surface area contributed by atoms with Crippen LogP contribution >= 0.6 is 0 Å². The lowest BCUT2D eigenvalue weighted by atomic mass is 10.2. The maximum absolute atomic E-state index is 5.32. The van der Waals surface area contributed by atoms with Crippen LogP contribution in [0.2, 0.25) is 0 Å². The first-order valence-corrected chi connectivity index (χ1v) is 5.90. The molecule has 94 valence electrons. The van der Waals surface area contributed by atoms with Gasteiger partial charge in [-0.15, -0.1) is 0 Å². The Kier molecular flexibility index (Phi) is 2.94. The molecule has 0 amide bonds. The van der Waals surface area contributed by atoms with Crippen molar-refractivity contribution in [2.24, 2.45) is 0 Å². The average molecular weight is 252 g/mol. The Morgan fingerprint density at radius 1 is 1.11 bits per heavy atom. The van der Waals surface area contributed by atoms with Gasteiger partial charge in [0.05, 0.1) is 5.56 Å². The Morgan fingerprint density at radius 2 is 2.00 bits per heavy atom. The Bertz CT molecular complexity index is 679. The zero-order chi connectivity index (χ0) is 13.1. The molecule has 0 spiro atoms. The van der Waals surface area contributed by atoms with Crippen molar-refractivity contribution in [2.45, 2.75) is 0 Å². The van der Waals surface area contributed by atoms with Crippen LogP contribution in [0.15, 0.2) is 53.3 Å². The van der Waals surface area contributed by atoms with Gasteiger partial charge in [-0.25, -0.2) is 0 Å². The predicted octanol–water partition coefficient (Wildman–Crippen LogP) is 2.84. The van der Waals surface area contributed by atoms with E-state index < -0.39 is 0 Å². The van der Waals surface area contributed by atoms with Crippen LogP contribution in [0.3, 0.4) is 0 Å². The zero-order valence-corrected chi connectivity index (χ0v) is 10.4. The molecule has 5 nitrogen and oxygen atoms in total. The topological polar surface area (TPSA) is 63.8 Å². The second-order valence-corrected chi connectivity index (χ2v) is 3.96. The largest absolute Gasteiger partial charge is 0.387 e. The van der Waals surface area contributed by atoms with Gasteiger partial charge in [0, 0.05) is 30.7 Å². The maximum Gasteiger partial charge on any atom is 0.260 e. The van der Waals surface area contributed by atoms with E-state index in [4.69, 9.17) is 4.52 Å². The number of anilines is 1. The molecular weight excluding hydrogens is 240 g/mol. The number of hydrogen-bond acceptors (Lipinski definition) is 5. The fourth-order valence-electron chi connectivity index (χ4n) is 1.83. The molecule has 0 saturated carbocycles. The normalized spacial score (nSPS) is 10.4. The summed E-state index contributed by atoms with van der Waals surface area (Å²) < 4.78 is 5.32. The molecule has 19 heavy (non-hydrogen) atoms.